The van der Waals surface area contributed by atoms with E-state index in [9.17, 15) is 0 Å². The Morgan fingerprint density at radius 1 is 0.804 bits per heavy atom. The fourth-order valence-corrected chi connectivity index (χ4v) is 7.32. The molecule has 1 aliphatic rings. The summed E-state index contributed by atoms with van der Waals surface area (Å²) in [5, 5.41) is 5.62. The number of hydrogen-bond acceptors (Lipinski definition) is 0. The number of fused-ring (bicyclic) bond motifs is 4. The Balaban J connectivity index is 0.000000245. The molecule has 4 heteroatoms. The van der Waals surface area contributed by atoms with Crippen molar-refractivity contribution in [3.8, 4) is 22.3 Å². The summed E-state index contributed by atoms with van der Waals surface area (Å²) in [6.45, 7) is 23.2. The zero-order valence-electron chi connectivity index (χ0n) is 29.2. The van der Waals surface area contributed by atoms with E-state index in [4.69, 9.17) is 17.0 Å². The van der Waals surface area contributed by atoms with Gasteiger partial charge in [0, 0.05) is 0 Å². The minimum atomic E-state index is -0.826. The predicted molar refractivity (Wildman–Crippen MR) is 203 cm³/mol. The molecular weight excluding hydrogens is 695 g/mol. The van der Waals surface area contributed by atoms with Crippen molar-refractivity contribution < 1.29 is 20.8 Å². The Morgan fingerprint density at radius 3 is 2.00 bits per heavy atom. The molecule has 0 aromatic heterocycles. The zero-order valence-corrected chi connectivity index (χ0v) is 34.2. The molecule has 1 aliphatic heterocycles. The summed E-state index contributed by atoms with van der Waals surface area (Å²) in [5.74, 6) is 1.08. The SMILES string of the molecule is CCC(C)c1cc2c(-c3cc(C(C)(C)C)cc(C(C)(C)C)c3)c(C(C)C)ccc2[cH-]1.[Cl][Zr+2][Cl].[c-]1cccc2c1[Si]c1ccccc1-2. The van der Waals surface area contributed by atoms with Gasteiger partial charge in [-0.05, 0) is 39.4 Å². The molecule has 0 bridgehead atoms. The first-order chi connectivity index (χ1) is 21.7. The summed E-state index contributed by atoms with van der Waals surface area (Å²) >= 11 is -0.826. The third kappa shape index (κ3) is 8.60. The molecule has 0 fully saturated rings. The van der Waals surface area contributed by atoms with Crippen LogP contribution in [-0.2, 0) is 31.7 Å². The monoisotopic (exact) mass is 740 g/mol. The maximum Gasteiger partial charge on any atom is 0.0920 e. The molecule has 0 saturated heterocycles. The molecule has 6 rings (SSSR count). The molecule has 46 heavy (non-hydrogen) atoms. The van der Waals surface area contributed by atoms with Crippen LogP contribution in [0.25, 0.3) is 33.0 Å². The first kappa shape index (κ1) is 37.0. The summed E-state index contributed by atoms with van der Waals surface area (Å²) < 4.78 is 0. The fourth-order valence-electron chi connectivity index (χ4n) is 6.01. The van der Waals surface area contributed by atoms with E-state index in [1.165, 1.54) is 72.1 Å². The summed E-state index contributed by atoms with van der Waals surface area (Å²) in [6.07, 6.45) is 1.18. The Bertz CT molecular complexity index is 1690. The molecule has 0 saturated carbocycles. The molecule has 0 nitrogen and oxygen atoms in total. The van der Waals surface area contributed by atoms with Gasteiger partial charge in [-0.25, -0.2) is 0 Å². The average molecular weight is 743 g/mol. The van der Waals surface area contributed by atoms with E-state index in [0.717, 1.165) is 9.52 Å². The third-order valence-electron chi connectivity index (χ3n) is 9.03. The van der Waals surface area contributed by atoms with Gasteiger partial charge in [-0.2, -0.15) is 35.5 Å². The number of halogens is 2. The van der Waals surface area contributed by atoms with Gasteiger partial charge in [0.2, 0.25) is 0 Å². The summed E-state index contributed by atoms with van der Waals surface area (Å²) in [5.41, 5.74) is 11.6. The van der Waals surface area contributed by atoms with Crippen LogP contribution in [0.3, 0.4) is 0 Å². The van der Waals surface area contributed by atoms with Crippen molar-refractivity contribution in [1.29, 1.82) is 0 Å². The van der Waals surface area contributed by atoms with Gasteiger partial charge in [0.15, 0.2) is 0 Å². The molecule has 1 unspecified atom stereocenters. The van der Waals surface area contributed by atoms with Gasteiger partial charge in [-0.1, -0.05) is 140 Å². The first-order valence-corrected chi connectivity index (χ1v) is 23.8. The van der Waals surface area contributed by atoms with E-state index in [1.54, 1.807) is 0 Å². The predicted octanol–water partition coefficient (Wildman–Crippen LogP) is 12.0. The molecular formula is C42H48Cl2SiZr. The van der Waals surface area contributed by atoms with Crippen molar-refractivity contribution >= 4 is 47.7 Å². The second kappa shape index (κ2) is 15.6. The van der Waals surface area contributed by atoms with Gasteiger partial charge in [-0.3, -0.25) is 0 Å². The van der Waals surface area contributed by atoms with Gasteiger partial charge in [-0.15, -0.1) is 40.1 Å². The van der Waals surface area contributed by atoms with Crippen LogP contribution in [0.1, 0.15) is 110 Å². The minimum absolute atomic E-state index is 0.121. The topological polar surface area (TPSA) is 0 Å². The van der Waals surface area contributed by atoms with Gasteiger partial charge in [0.25, 0.3) is 0 Å². The van der Waals surface area contributed by atoms with Crippen molar-refractivity contribution in [3.05, 3.63) is 113 Å². The second-order valence-corrected chi connectivity index (χ2v) is 19.8. The van der Waals surface area contributed by atoms with Crippen LogP contribution in [0.2, 0.25) is 0 Å². The molecule has 5 aromatic rings. The van der Waals surface area contributed by atoms with Crippen molar-refractivity contribution in [3.63, 3.8) is 0 Å². The molecule has 0 spiro atoms. The molecule has 0 amide bonds. The normalized spacial score (nSPS) is 12.8. The Kier molecular flexibility index (Phi) is 12.5. The molecule has 5 aromatic carbocycles. The summed E-state index contributed by atoms with van der Waals surface area (Å²) in [7, 11) is 10.7. The Labute approximate surface area is 300 Å². The van der Waals surface area contributed by atoms with Crippen LogP contribution >= 0.6 is 17.0 Å². The summed E-state index contributed by atoms with van der Waals surface area (Å²) in [4.78, 5) is 0. The van der Waals surface area contributed by atoms with Crippen LogP contribution < -0.4 is 10.4 Å². The van der Waals surface area contributed by atoms with Crippen LogP contribution in [0.4, 0.5) is 0 Å². The van der Waals surface area contributed by atoms with E-state index >= 15 is 0 Å². The second-order valence-electron chi connectivity index (χ2n) is 14.8. The zero-order chi connectivity index (χ0) is 33.8. The van der Waals surface area contributed by atoms with E-state index in [0.29, 0.717) is 11.8 Å². The van der Waals surface area contributed by atoms with Crippen molar-refractivity contribution in [1.82, 2.24) is 0 Å². The fraction of sp³-hybridized carbons (Fsp3) is 0.357. The maximum absolute atomic E-state index is 4.93. The maximum atomic E-state index is 4.93. The van der Waals surface area contributed by atoms with Gasteiger partial charge in [0.05, 0.1) is 9.52 Å². The van der Waals surface area contributed by atoms with Crippen molar-refractivity contribution in [2.45, 2.75) is 98.3 Å². The van der Waals surface area contributed by atoms with Crippen LogP contribution in [-0.4, -0.2) is 9.52 Å². The van der Waals surface area contributed by atoms with Gasteiger partial charge >= 0.3 is 37.9 Å². The quantitative estimate of drug-likeness (QED) is 0.125. The summed E-state index contributed by atoms with van der Waals surface area (Å²) in [6, 6.07) is 35.1. The van der Waals surface area contributed by atoms with Crippen LogP contribution in [0, 0.1) is 6.07 Å². The van der Waals surface area contributed by atoms with Crippen molar-refractivity contribution in [2.75, 3.05) is 0 Å². The van der Waals surface area contributed by atoms with Gasteiger partial charge in [0.1, 0.15) is 0 Å². The van der Waals surface area contributed by atoms with E-state index in [1.807, 2.05) is 6.07 Å². The Morgan fingerprint density at radius 2 is 1.41 bits per heavy atom. The van der Waals surface area contributed by atoms with E-state index in [-0.39, 0.29) is 10.8 Å². The molecule has 1 heterocycles. The van der Waals surface area contributed by atoms with Gasteiger partial charge < -0.3 is 0 Å². The van der Waals surface area contributed by atoms with Crippen molar-refractivity contribution in [2.24, 2.45) is 0 Å². The number of hydrogen-bond donors (Lipinski definition) is 0. The molecule has 2 radical (unpaired) electrons. The first-order valence-electron chi connectivity index (χ1n) is 16.4. The van der Waals surface area contributed by atoms with Crippen LogP contribution in [0.5, 0.6) is 0 Å². The standard InChI is InChI=1S/C30H41.C12H7Si.2ClH.Zr/c1-11-20(4)22-14-21-12-13-26(19(2)3)28(27(21)17-22)23-15-24(29(5,6)7)18-25(16-23)30(8,9)10;1-3-7-11-9(5-1)10-6-2-4-8-12(10)13-11;;;/h12-20H,11H2,1-10H3;1-7H;2*1H;/q2*-1;;;+4/p-2. The smallest absolute Gasteiger partial charge is 0.0920 e. The average Bonchev–Trinajstić information content (AvgIpc) is 3.61. The molecule has 238 valence electrons. The van der Waals surface area contributed by atoms with E-state index < -0.39 is 20.8 Å². The largest absolute Gasteiger partial charge is 0.184 e. The minimum Gasteiger partial charge on any atom is -0.184 e. The molecule has 0 aliphatic carbocycles. The number of rotatable bonds is 4. The van der Waals surface area contributed by atoms with Crippen LogP contribution in [0.15, 0.2) is 84.9 Å². The number of benzene rings is 4. The molecule has 1 atom stereocenters. The Hall–Kier alpha value is -1.83. The third-order valence-corrected chi connectivity index (χ3v) is 10.4. The van der Waals surface area contributed by atoms with E-state index in [2.05, 4.69) is 154 Å². The molecule has 0 N–H and O–H groups in total.